The lowest BCUT2D eigenvalue weighted by Gasteiger charge is -2.11. The van der Waals surface area contributed by atoms with Gasteiger partial charge in [-0.05, 0) is 63.2 Å². The monoisotopic (exact) mass is 443 g/mol. The average Bonchev–Trinajstić information content (AvgIpc) is 3.54. The van der Waals surface area contributed by atoms with E-state index < -0.39 is 0 Å². The number of thiophene rings is 1. The Balaban J connectivity index is 1.52. The fraction of sp³-hybridized carbons (Fsp3) is 0.174. The third-order valence-electron chi connectivity index (χ3n) is 5.10. The molecule has 1 N–H and O–H groups in total. The summed E-state index contributed by atoms with van der Waals surface area (Å²) in [6.45, 7) is 6.15. The fourth-order valence-electron chi connectivity index (χ4n) is 3.52. The van der Waals surface area contributed by atoms with Crippen molar-refractivity contribution in [3.8, 4) is 16.3 Å². The predicted octanol–water partition coefficient (Wildman–Crippen LogP) is 4.88. The SMILES string of the molecule is Cc1ccc(-c2cc(C(=O)Nc3ccc(-n4cncn4)cc3)c3cnn(C(C)C)c3n2)s1. The van der Waals surface area contributed by atoms with Crippen LogP contribution >= 0.6 is 11.3 Å². The van der Waals surface area contributed by atoms with E-state index in [2.05, 4.69) is 33.5 Å². The van der Waals surface area contributed by atoms with Crippen molar-refractivity contribution in [1.82, 2.24) is 29.5 Å². The molecule has 160 valence electrons. The largest absolute Gasteiger partial charge is 0.322 e. The van der Waals surface area contributed by atoms with Gasteiger partial charge in [-0.25, -0.2) is 19.3 Å². The van der Waals surface area contributed by atoms with Gasteiger partial charge in [0.15, 0.2) is 5.65 Å². The van der Waals surface area contributed by atoms with Crippen LogP contribution in [0, 0.1) is 6.92 Å². The fourth-order valence-corrected chi connectivity index (χ4v) is 4.35. The first-order valence-corrected chi connectivity index (χ1v) is 11.0. The zero-order valence-corrected chi connectivity index (χ0v) is 18.7. The molecule has 0 unspecified atom stereocenters. The molecular formula is C23H21N7OS. The highest BCUT2D eigenvalue weighted by Crippen LogP contribution is 2.31. The van der Waals surface area contributed by atoms with Crippen molar-refractivity contribution in [1.29, 1.82) is 0 Å². The molecule has 0 radical (unpaired) electrons. The lowest BCUT2D eigenvalue weighted by molar-refractivity contribution is 0.102. The molecule has 4 aromatic heterocycles. The Morgan fingerprint density at radius 3 is 2.56 bits per heavy atom. The topological polar surface area (TPSA) is 90.5 Å². The van der Waals surface area contributed by atoms with Crippen LogP contribution < -0.4 is 5.32 Å². The van der Waals surface area contributed by atoms with Crippen LogP contribution in [-0.4, -0.2) is 35.4 Å². The van der Waals surface area contributed by atoms with Crippen LogP contribution in [-0.2, 0) is 0 Å². The van der Waals surface area contributed by atoms with Crippen molar-refractivity contribution < 1.29 is 4.79 Å². The first-order valence-electron chi connectivity index (χ1n) is 10.2. The van der Waals surface area contributed by atoms with Crippen LogP contribution in [0.25, 0.3) is 27.3 Å². The number of carbonyl (C=O) groups excluding carboxylic acids is 1. The third kappa shape index (κ3) is 3.67. The molecule has 0 saturated heterocycles. The number of carbonyl (C=O) groups is 1. The van der Waals surface area contributed by atoms with Gasteiger partial charge in [-0.2, -0.15) is 10.2 Å². The molecular weight excluding hydrogens is 422 g/mol. The molecule has 0 aliphatic carbocycles. The molecule has 5 rings (SSSR count). The number of benzene rings is 1. The second-order valence-electron chi connectivity index (χ2n) is 7.73. The van der Waals surface area contributed by atoms with Crippen molar-refractivity contribution in [2.24, 2.45) is 0 Å². The standard InChI is InChI=1S/C23H21N7OS/c1-14(2)30-22-19(11-25-30)18(10-20(28-22)21-9-4-15(3)32-21)23(31)27-16-5-7-17(8-6-16)29-13-24-12-26-29/h4-14H,1-3H3,(H,27,31). The summed E-state index contributed by atoms with van der Waals surface area (Å²) < 4.78 is 3.51. The average molecular weight is 444 g/mol. The van der Waals surface area contributed by atoms with Gasteiger partial charge in [-0.1, -0.05) is 0 Å². The highest BCUT2D eigenvalue weighted by molar-refractivity contribution is 7.15. The molecule has 5 aromatic rings. The minimum atomic E-state index is -0.205. The number of nitrogens with zero attached hydrogens (tertiary/aromatic N) is 6. The van der Waals surface area contributed by atoms with E-state index in [-0.39, 0.29) is 11.9 Å². The molecule has 8 nitrogen and oxygen atoms in total. The Bertz CT molecular complexity index is 1400. The van der Waals surface area contributed by atoms with Gasteiger partial charge >= 0.3 is 0 Å². The highest BCUT2D eigenvalue weighted by Gasteiger charge is 2.19. The molecule has 32 heavy (non-hydrogen) atoms. The molecule has 1 amide bonds. The maximum Gasteiger partial charge on any atom is 0.256 e. The van der Waals surface area contributed by atoms with E-state index in [0.717, 1.165) is 21.6 Å². The summed E-state index contributed by atoms with van der Waals surface area (Å²) >= 11 is 1.65. The second kappa shape index (κ2) is 8.01. The molecule has 4 heterocycles. The number of aryl methyl sites for hydroxylation is 1. The Hall–Kier alpha value is -3.85. The minimum Gasteiger partial charge on any atom is -0.322 e. The Kier molecular flexibility index (Phi) is 5.02. The van der Waals surface area contributed by atoms with Gasteiger partial charge in [0, 0.05) is 16.6 Å². The van der Waals surface area contributed by atoms with E-state index in [1.54, 1.807) is 28.5 Å². The van der Waals surface area contributed by atoms with Crippen LogP contribution in [0.2, 0.25) is 0 Å². The summed E-state index contributed by atoms with van der Waals surface area (Å²) in [6.07, 6.45) is 4.82. The van der Waals surface area contributed by atoms with Gasteiger partial charge in [-0.15, -0.1) is 11.3 Å². The summed E-state index contributed by atoms with van der Waals surface area (Å²) in [4.78, 5) is 24.3. The first-order chi connectivity index (χ1) is 15.5. The van der Waals surface area contributed by atoms with E-state index in [1.807, 2.05) is 54.9 Å². The molecule has 1 aromatic carbocycles. The van der Waals surface area contributed by atoms with E-state index in [9.17, 15) is 4.79 Å². The summed E-state index contributed by atoms with van der Waals surface area (Å²) in [6, 6.07) is 13.5. The number of anilines is 1. The van der Waals surface area contributed by atoms with Crippen molar-refractivity contribution in [2.45, 2.75) is 26.8 Å². The van der Waals surface area contributed by atoms with Crippen molar-refractivity contribution in [3.05, 3.63) is 71.8 Å². The van der Waals surface area contributed by atoms with Crippen LogP contribution in [0.15, 0.2) is 61.3 Å². The highest BCUT2D eigenvalue weighted by atomic mass is 32.1. The number of hydrogen-bond acceptors (Lipinski definition) is 6. The minimum absolute atomic E-state index is 0.126. The zero-order chi connectivity index (χ0) is 22.2. The third-order valence-corrected chi connectivity index (χ3v) is 6.12. The maximum atomic E-state index is 13.3. The van der Waals surface area contributed by atoms with Crippen molar-refractivity contribution in [3.63, 3.8) is 0 Å². The number of fused-ring (bicyclic) bond motifs is 1. The van der Waals surface area contributed by atoms with Gasteiger partial charge in [0.25, 0.3) is 5.91 Å². The molecule has 0 bridgehead atoms. The molecule has 0 fully saturated rings. The summed E-state index contributed by atoms with van der Waals surface area (Å²) in [5.74, 6) is -0.205. The Labute approximate surface area is 188 Å². The molecule has 0 atom stereocenters. The number of pyridine rings is 1. The lowest BCUT2D eigenvalue weighted by atomic mass is 10.1. The molecule has 9 heteroatoms. The number of nitrogens with one attached hydrogen (secondary N) is 1. The van der Waals surface area contributed by atoms with Crippen LogP contribution in [0.3, 0.4) is 0 Å². The van der Waals surface area contributed by atoms with Crippen LogP contribution in [0.5, 0.6) is 0 Å². The van der Waals surface area contributed by atoms with Gasteiger partial charge in [0.2, 0.25) is 0 Å². The number of aromatic nitrogens is 6. The van der Waals surface area contributed by atoms with Gasteiger partial charge in [0.1, 0.15) is 12.7 Å². The predicted molar refractivity (Wildman–Crippen MR) is 125 cm³/mol. The van der Waals surface area contributed by atoms with E-state index in [1.165, 1.54) is 11.2 Å². The molecule has 0 saturated carbocycles. The van der Waals surface area contributed by atoms with E-state index in [0.29, 0.717) is 16.9 Å². The first kappa shape index (κ1) is 20.1. The van der Waals surface area contributed by atoms with Gasteiger partial charge in [-0.3, -0.25) is 4.79 Å². The maximum absolute atomic E-state index is 13.3. The zero-order valence-electron chi connectivity index (χ0n) is 17.9. The van der Waals surface area contributed by atoms with Crippen LogP contribution in [0.4, 0.5) is 5.69 Å². The smallest absolute Gasteiger partial charge is 0.256 e. The van der Waals surface area contributed by atoms with E-state index >= 15 is 0 Å². The van der Waals surface area contributed by atoms with E-state index in [4.69, 9.17) is 4.98 Å². The molecule has 0 spiro atoms. The quantitative estimate of drug-likeness (QED) is 0.418. The Morgan fingerprint density at radius 2 is 1.91 bits per heavy atom. The van der Waals surface area contributed by atoms with Gasteiger partial charge < -0.3 is 5.32 Å². The lowest BCUT2D eigenvalue weighted by Crippen LogP contribution is -2.13. The normalized spacial score (nSPS) is 11.4. The molecule has 0 aliphatic heterocycles. The van der Waals surface area contributed by atoms with Crippen molar-refractivity contribution in [2.75, 3.05) is 5.32 Å². The summed E-state index contributed by atoms with van der Waals surface area (Å²) in [5.41, 5.74) is 3.57. The summed E-state index contributed by atoms with van der Waals surface area (Å²) in [5, 5.41) is 12.3. The molecule has 0 aliphatic rings. The second-order valence-corrected chi connectivity index (χ2v) is 9.01. The number of hydrogen-bond donors (Lipinski definition) is 1. The Morgan fingerprint density at radius 1 is 1.09 bits per heavy atom. The van der Waals surface area contributed by atoms with Crippen LogP contribution in [0.1, 0.15) is 35.1 Å². The number of amides is 1. The number of rotatable bonds is 5. The van der Waals surface area contributed by atoms with Crippen molar-refractivity contribution >= 4 is 34.0 Å². The summed E-state index contributed by atoms with van der Waals surface area (Å²) in [7, 11) is 0. The van der Waals surface area contributed by atoms with Gasteiger partial charge in [0.05, 0.1) is 33.4 Å².